The van der Waals surface area contributed by atoms with Gasteiger partial charge in [0.2, 0.25) is 5.43 Å². The SMILES string of the molecule is Cc1cc(=O)c(C(=O)N[C@H]2C[C@H](C)N(C3CC3)C2)nn1-c1cccc(C(F)(F)F)c1. The molecule has 1 aliphatic heterocycles. The molecule has 1 saturated heterocycles. The minimum atomic E-state index is -4.50. The van der Waals surface area contributed by atoms with Crippen LogP contribution in [-0.4, -0.2) is 45.3 Å². The van der Waals surface area contributed by atoms with E-state index in [2.05, 4.69) is 22.2 Å². The van der Waals surface area contributed by atoms with Crippen LogP contribution in [0.5, 0.6) is 0 Å². The van der Waals surface area contributed by atoms with Crippen LogP contribution in [-0.2, 0) is 6.18 Å². The Hall–Kier alpha value is -2.68. The van der Waals surface area contributed by atoms with E-state index >= 15 is 0 Å². The number of amides is 1. The second-order valence-corrected chi connectivity index (χ2v) is 8.14. The molecule has 0 radical (unpaired) electrons. The molecule has 0 bridgehead atoms. The zero-order chi connectivity index (χ0) is 21.6. The second-order valence-electron chi connectivity index (χ2n) is 8.14. The number of rotatable bonds is 4. The van der Waals surface area contributed by atoms with Crippen molar-refractivity contribution in [3.8, 4) is 5.69 Å². The van der Waals surface area contributed by atoms with Crippen molar-refractivity contribution in [2.24, 2.45) is 0 Å². The number of nitrogens with zero attached hydrogens (tertiary/aromatic N) is 3. The van der Waals surface area contributed by atoms with Crippen LogP contribution in [0.25, 0.3) is 5.69 Å². The molecule has 2 atom stereocenters. The number of carbonyl (C=O) groups is 1. The molecule has 1 amide bonds. The van der Waals surface area contributed by atoms with Crippen LogP contribution in [0, 0.1) is 6.92 Å². The van der Waals surface area contributed by atoms with E-state index in [1.807, 2.05) is 0 Å². The number of hydrogen-bond donors (Lipinski definition) is 1. The highest BCUT2D eigenvalue weighted by Gasteiger charge is 2.39. The largest absolute Gasteiger partial charge is 0.416 e. The normalized spacial score (nSPS) is 22.3. The third kappa shape index (κ3) is 4.12. The lowest BCUT2D eigenvalue weighted by atomic mass is 10.2. The van der Waals surface area contributed by atoms with Crippen molar-refractivity contribution in [2.75, 3.05) is 6.54 Å². The molecule has 0 spiro atoms. The highest BCUT2D eigenvalue weighted by atomic mass is 19.4. The van der Waals surface area contributed by atoms with Crippen LogP contribution in [0.1, 0.15) is 47.9 Å². The van der Waals surface area contributed by atoms with Crippen LogP contribution in [0.4, 0.5) is 13.2 Å². The molecule has 160 valence electrons. The molecule has 2 aliphatic rings. The van der Waals surface area contributed by atoms with Crippen LogP contribution in [0.3, 0.4) is 0 Å². The number of nitrogens with one attached hydrogen (secondary N) is 1. The molecule has 1 aliphatic carbocycles. The predicted molar refractivity (Wildman–Crippen MR) is 105 cm³/mol. The van der Waals surface area contributed by atoms with Gasteiger partial charge in [0.05, 0.1) is 11.3 Å². The van der Waals surface area contributed by atoms with E-state index in [0.29, 0.717) is 17.8 Å². The number of aryl methyl sites for hydroxylation is 1. The summed E-state index contributed by atoms with van der Waals surface area (Å²) in [6, 6.07) is 6.69. The van der Waals surface area contributed by atoms with E-state index < -0.39 is 23.1 Å². The Morgan fingerprint density at radius 2 is 1.97 bits per heavy atom. The van der Waals surface area contributed by atoms with E-state index in [4.69, 9.17) is 0 Å². The average molecular weight is 420 g/mol. The number of aromatic nitrogens is 2. The first kappa shape index (κ1) is 20.6. The molecule has 0 unspecified atom stereocenters. The molecule has 1 aromatic carbocycles. The van der Waals surface area contributed by atoms with Gasteiger partial charge in [-0.1, -0.05) is 6.07 Å². The molecule has 1 saturated carbocycles. The van der Waals surface area contributed by atoms with E-state index in [0.717, 1.165) is 25.1 Å². The van der Waals surface area contributed by atoms with Crippen molar-refractivity contribution in [3.05, 3.63) is 57.5 Å². The first-order valence-corrected chi connectivity index (χ1v) is 9.98. The first-order chi connectivity index (χ1) is 14.1. The van der Waals surface area contributed by atoms with E-state index in [1.165, 1.54) is 35.7 Å². The number of alkyl halides is 3. The van der Waals surface area contributed by atoms with Crippen molar-refractivity contribution >= 4 is 5.91 Å². The Bertz CT molecular complexity index is 1030. The summed E-state index contributed by atoms with van der Waals surface area (Å²) in [5.74, 6) is -0.601. The highest BCUT2D eigenvalue weighted by Crippen LogP contribution is 2.33. The second kappa shape index (κ2) is 7.54. The number of benzene rings is 1. The van der Waals surface area contributed by atoms with Gasteiger partial charge in [0, 0.05) is 36.4 Å². The van der Waals surface area contributed by atoms with Crippen LogP contribution in [0.2, 0.25) is 0 Å². The third-order valence-electron chi connectivity index (χ3n) is 5.71. The van der Waals surface area contributed by atoms with Crippen LogP contribution < -0.4 is 10.7 Å². The zero-order valence-electron chi connectivity index (χ0n) is 16.7. The van der Waals surface area contributed by atoms with E-state index in [1.54, 1.807) is 6.92 Å². The molecule has 1 aromatic heterocycles. The summed E-state index contributed by atoms with van der Waals surface area (Å²) in [6.45, 7) is 4.41. The zero-order valence-corrected chi connectivity index (χ0v) is 16.7. The van der Waals surface area contributed by atoms with Gasteiger partial charge >= 0.3 is 6.18 Å². The van der Waals surface area contributed by atoms with Gasteiger partial charge in [-0.05, 0) is 51.3 Å². The van der Waals surface area contributed by atoms with Gasteiger partial charge in [-0.15, -0.1) is 0 Å². The standard InChI is InChI=1S/C21H23F3N4O2/c1-12-8-15(11-27(12)16-6-7-16)25-20(30)19-18(29)9-13(2)28(26-19)17-5-3-4-14(10-17)21(22,23)24/h3-5,9-10,12,15-16H,6-8,11H2,1-2H3,(H,25,30)/t12-,15-/m0/s1. The smallest absolute Gasteiger partial charge is 0.346 e. The van der Waals surface area contributed by atoms with Gasteiger partial charge < -0.3 is 5.32 Å². The summed E-state index contributed by atoms with van der Waals surface area (Å²) in [5, 5.41) is 6.98. The molecular formula is C21H23F3N4O2. The Balaban J connectivity index is 1.59. The minimum absolute atomic E-state index is 0.0855. The maximum atomic E-state index is 13.1. The summed E-state index contributed by atoms with van der Waals surface area (Å²) in [5.41, 5.74) is -1.24. The summed E-state index contributed by atoms with van der Waals surface area (Å²) in [6.07, 6.45) is -1.37. The molecule has 9 heteroatoms. The van der Waals surface area contributed by atoms with Crippen molar-refractivity contribution in [2.45, 2.75) is 57.4 Å². The van der Waals surface area contributed by atoms with Gasteiger partial charge in [-0.25, -0.2) is 4.68 Å². The molecule has 2 fully saturated rings. The first-order valence-electron chi connectivity index (χ1n) is 9.98. The predicted octanol–water partition coefficient (Wildman–Crippen LogP) is 2.91. The van der Waals surface area contributed by atoms with E-state index in [9.17, 15) is 22.8 Å². The summed E-state index contributed by atoms with van der Waals surface area (Å²) < 4.78 is 40.4. The molecule has 2 aromatic rings. The Morgan fingerprint density at radius 1 is 1.23 bits per heavy atom. The molecule has 6 nitrogen and oxygen atoms in total. The third-order valence-corrected chi connectivity index (χ3v) is 5.71. The lowest BCUT2D eigenvalue weighted by Crippen LogP contribution is -2.40. The van der Waals surface area contributed by atoms with Crippen molar-refractivity contribution in [3.63, 3.8) is 0 Å². The molecular weight excluding hydrogens is 397 g/mol. The lowest BCUT2D eigenvalue weighted by molar-refractivity contribution is -0.137. The lowest BCUT2D eigenvalue weighted by Gasteiger charge is -2.19. The fraction of sp³-hybridized carbons (Fsp3) is 0.476. The minimum Gasteiger partial charge on any atom is -0.346 e. The monoisotopic (exact) mass is 420 g/mol. The Morgan fingerprint density at radius 3 is 2.63 bits per heavy atom. The van der Waals surface area contributed by atoms with Crippen LogP contribution >= 0.6 is 0 Å². The molecule has 30 heavy (non-hydrogen) atoms. The fourth-order valence-electron chi connectivity index (χ4n) is 4.11. The summed E-state index contributed by atoms with van der Waals surface area (Å²) in [4.78, 5) is 27.5. The van der Waals surface area contributed by atoms with Gasteiger partial charge in [-0.3, -0.25) is 14.5 Å². The number of carbonyl (C=O) groups excluding carboxylic acids is 1. The number of likely N-dealkylation sites (tertiary alicyclic amines) is 1. The van der Waals surface area contributed by atoms with E-state index in [-0.39, 0.29) is 17.4 Å². The van der Waals surface area contributed by atoms with Crippen molar-refractivity contribution in [1.29, 1.82) is 0 Å². The maximum Gasteiger partial charge on any atom is 0.416 e. The summed E-state index contributed by atoms with van der Waals surface area (Å²) in [7, 11) is 0. The Kier molecular flexibility index (Phi) is 5.17. The number of halogens is 3. The highest BCUT2D eigenvalue weighted by molar-refractivity contribution is 5.92. The molecule has 2 heterocycles. The topological polar surface area (TPSA) is 67.2 Å². The molecule has 4 rings (SSSR count). The van der Waals surface area contributed by atoms with Gasteiger partial charge in [0.15, 0.2) is 5.69 Å². The Labute approximate surface area is 171 Å². The number of hydrogen-bond acceptors (Lipinski definition) is 4. The quantitative estimate of drug-likeness (QED) is 0.826. The average Bonchev–Trinajstić information content (AvgIpc) is 3.44. The fourth-order valence-corrected chi connectivity index (χ4v) is 4.11. The van der Waals surface area contributed by atoms with Gasteiger partial charge in [0.25, 0.3) is 5.91 Å². The summed E-state index contributed by atoms with van der Waals surface area (Å²) >= 11 is 0. The van der Waals surface area contributed by atoms with Crippen LogP contribution in [0.15, 0.2) is 35.1 Å². The van der Waals surface area contributed by atoms with Gasteiger partial charge in [0.1, 0.15) is 0 Å². The van der Waals surface area contributed by atoms with Crippen molar-refractivity contribution in [1.82, 2.24) is 20.0 Å². The maximum absolute atomic E-state index is 13.1. The molecule has 1 N–H and O–H groups in total. The van der Waals surface area contributed by atoms with Gasteiger partial charge in [-0.2, -0.15) is 18.3 Å². The van der Waals surface area contributed by atoms with Crippen molar-refractivity contribution < 1.29 is 18.0 Å².